The van der Waals surface area contributed by atoms with Crippen LogP contribution in [0.5, 0.6) is 0 Å². The van der Waals surface area contributed by atoms with Gasteiger partial charge in [-0.05, 0) is 12.1 Å². The van der Waals surface area contributed by atoms with Crippen molar-refractivity contribution < 1.29 is 4.79 Å². The fourth-order valence-corrected chi connectivity index (χ4v) is 1.61. The highest BCUT2D eigenvalue weighted by molar-refractivity contribution is 5.81. The summed E-state index contributed by atoms with van der Waals surface area (Å²) in [6.45, 7) is 2.82. The number of nitrogens with one attached hydrogen (secondary N) is 2. The van der Waals surface area contributed by atoms with Crippen molar-refractivity contribution in [3.63, 3.8) is 0 Å². The van der Waals surface area contributed by atoms with Crippen LogP contribution in [0, 0.1) is 0 Å². The highest BCUT2D eigenvalue weighted by atomic mass is 16.1. The molecular formula is C13H15N3O. The Hall–Kier alpha value is -2.10. The molecule has 0 saturated heterocycles. The Kier molecular flexibility index (Phi) is 3.55. The van der Waals surface area contributed by atoms with Gasteiger partial charge in [0.1, 0.15) is 0 Å². The molecule has 0 fully saturated rings. The van der Waals surface area contributed by atoms with Gasteiger partial charge in [0, 0.05) is 25.4 Å². The summed E-state index contributed by atoms with van der Waals surface area (Å²) >= 11 is 0. The number of amides is 1. The summed E-state index contributed by atoms with van der Waals surface area (Å²) in [5.74, 6) is -0.0107. The SMILES string of the molecule is CC(=O)NCCNc1cnc2ccccc2c1. The van der Waals surface area contributed by atoms with E-state index in [0.717, 1.165) is 16.6 Å². The zero-order valence-corrected chi connectivity index (χ0v) is 9.73. The van der Waals surface area contributed by atoms with E-state index in [1.54, 1.807) is 6.20 Å². The van der Waals surface area contributed by atoms with E-state index in [1.165, 1.54) is 6.92 Å². The van der Waals surface area contributed by atoms with Crippen LogP contribution in [-0.4, -0.2) is 24.0 Å². The standard InChI is InChI=1S/C13H15N3O/c1-10(17)14-6-7-15-12-8-11-4-2-3-5-13(11)16-9-12/h2-5,8-9,15H,6-7H2,1H3,(H,14,17). The van der Waals surface area contributed by atoms with Crippen molar-refractivity contribution in [2.45, 2.75) is 6.92 Å². The molecule has 0 bridgehead atoms. The number of anilines is 1. The summed E-state index contributed by atoms with van der Waals surface area (Å²) < 4.78 is 0. The van der Waals surface area contributed by atoms with Gasteiger partial charge in [0.25, 0.3) is 0 Å². The van der Waals surface area contributed by atoms with E-state index in [4.69, 9.17) is 0 Å². The quantitative estimate of drug-likeness (QED) is 0.786. The Morgan fingerprint density at radius 3 is 2.94 bits per heavy atom. The van der Waals surface area contributed by atoms with Gasteiger partial charge in [0.15, 0.2) is 0 Å². The van der Waals surface area contributed by atoms with Gasteiger partial charge < -0.3 is 10.6 Å². The van der Waals surface area contributed by atoms with Gasteiger partial charge in [-0.15, -0.1) is 0 Å². The first-order chi connectivity index (χ1) is 8.25. The first kappa shape index (κ1) is 11.4. The molecule has 0 aliphatic rings. The first-order valence-corrected chi connectivity index (χ1v) is 5.59. The molecule has 1 aromatic heterocycles. The lowest BCUT2D eigenvalue weighted by atomic mass is 10.2. The molecule has 2 N–H and O–H groups in total. The van der Waals surface area contributed by atoms with E-state index < -0.39 is 0 Å². The fraction of sp³-hybridized carbons (Fsp3) is 0.231. The van der Waals surface area contributed by atoms with E-state index in [2.05, 4.69) is 21.7 Å². The molecule has 1 heterocycles. The average molecular weight is 229 g/mol. The normalized spacial score (nSPS) is 10.2. The molecule has 0 aliphatic heterocycles. The maximum atomic E-state index is 10.7. The molecule has 2 aromatic rings. The number of fused-ring (bicyclic) bond motifs is 1. The number of hydrogen-bond acceptors (Lipinski definition) is 3. The minimum atomic E-state index is -0.0107. The Balaban J connectivity index is 1.97. The number of para-hydroxylation sites is 1. The summed E-state index contributed by atoms with van der Waals surface area (Å²) in [5, 5.41) is 7.05. The second-order valence-electron chi connectivity index (χ2n) is 3.83. The van der Waals surface area contributed by atoms with Crippen LogP contribution in [0.1, 0.15) is 6.92 Å². The number of carbonyl (C=O) groups is 1. The largest absolute Gasteiger partial charge is 0.382 e. The number of aromatic nitrogens is 1. The van der Waals surface area contributed by atoms with Crippen LogP contribution in [0.25, 0.3) is 10.9 Å². The molecule has 1 aromatic carbocycles. The van der Waals surface area contributed by atoms with Gasteiger partial charge >= 0.3 is 0 Å². The molecule has 0 spiro atoms. The summed E-state index contributed by atoms with van der Waals surface area (Å²) in [6.07, 6.45) is 1.80. The van der Waals surface area contributed by atoms with Crippen molar-refractivity contribution >= 4 is 22.5 Å². The zero-order chi connectivity index (χ0) is 12.1. The van der Waals surface area contributed by atoms with E-state index in [9.17, 15) is 4.79 Å². The van der Waals surface area contributed by atoms with Gasteiger partial charge in [-0.1, -0.05) is 18.2 Å². The Bertz CT molecular complexity index is 525. The summed E-state index contributed by atoms with van der Waals surface area (Å²) in [4.78, 5) is 15.0. The molecule has 0 aliphatic carbocycles. The van der Waals surface area contributed by atoms with Gasteiger partial charge in [-0.25, -0.2) is 0 Å². The predicted molar refractivity (Wildman–Crippen MR) is 68.9 cm³/mol. The lowest BCUT2D eigenvalue weighted by Crippen LogP contribution is -2.26. The topological polar surface area (TPSA) is 54.0 Å². The predicted octanol–water partition coefficient (Wildman–Crippen LogP) is 1.78. The van der Waals surface area contributed by atoms with Crippen LogP contribution in [-0.2, 0) is 4.79 Å². The molecule has 0 saturated carbocycles. The molecule has 0 atom stereocenters. The van der Waals surface area contributed by atoms with Gasteiger partial charge in [0.05, 0.1) is 17.4 Å². The first-order valence-electron chi connectivity index (χ1n) is 5.59. The molecule has 4 nitrogen and oxygen atoms in total. The zero-order valence-electron chi connectivity index (χ0n) is 9.73. The molecule has 4 heteroatoms. The third kappa shape index (κ3) is 3.17. The number of benzene rings is 1. The van der Waals surface area contributed by atoms with Crippen LogP contribution in [0.2, 0.25) is 0 Å². The highest BCUT2D eigenvalue weighted by Gasteiger charge is 1.96. The van der Waals surface area contributed by atoms with E-state index in [-0.39, 0.29) is 5.91 Å². The monoisotopic (exact) mass is 229 g/mol. The second-order valence-corrected chi connectivity index (χ2v) is 3.83. The molecule has 17 heavy (non-hydrogen) atoms. The van der Waals surface area contributed by atoms with Gasteiger partial charge in [-0.3, -0.25) is 9.78 Å². The molecule has 2 rings (SSSR count). The Morgan fingerprint density at radius 1 is 1.29 bits per heavy atom. The third-order valence-corrected chi connectivity index (χ3v) is 2.42. The number of pyridine rings is 1. The number of nitrogens with zero attached hydrogens (tertiary/aromatic N) is 1. The summed E-state index contributed by atoms with van der Waals surface area (Å²) in [6, 6.07) is 10.0. The third-order valence-electron chi connectivity index (χ3n) is 2.42. The second kappa shape index (κ2) is 5.30. The van der Waals surface area contributed by atoms with Crippen molar-refractivity contribution in [1.82, 2.24) is 10.3 Å². The van der Waals surface area contributed by atoms with Crippen LogP contribution in [0.4, 0.5) is 5.69 Å². The van der Waals surface area contributed by atoms with Gasteiger partial charge in [0.2, 0.25) is 5.91 Å². The Morgan fingerprint density at radius 2 is 2.12 bits per heavy atom. The van der Waals surface area contributed by atoms with E-state index >= 15 is 0 Å². The minimum Gasteiger partial charge on any atom is -0.382 e. The van der Waals surface area contributed by atoms with Crippen LogP contribution in [0.3, 0.4) is 0 Å². The molecular weight excluding hydrogens is 214 g/mol. The maximum Gasteiger partial charge on any atom is 0.216 e. The van der Waals surface area contributed by atoms with Crippen molar-refractivity contribution in [2.75, 3.05) is 18.4 Å². The number of rotatable bonds is 4. The van der Waals surface area contributed by atoms with Crippen LogP contribution >= 0.6 is 0 Å². The average Bonchev–Trinajstić information content (AvgIpc) is 2.34. The minimum absolute atomic E-state index is 0.0107. The van der Waals surface area contributed by atoms with Gasteiger partial charge in [-0.2, -0.15) is 0 Å². The van der Waals surface area contributed by atoms with Crippen LogP contribution < -0.4 is 10.6 Å². The van der Waals surface area contributed by atoms with E-state index in [0.29, 0.717) is 13.1 Å². The maximum absolute atomic E-state index is 10.7. The van der Waals surface area contributed by atoms with Crippen LogP contribution in [0.15, 0.2) is 36.5 Å². The number of hydrogen-bond donors (Lipinski definition) is 2. The van der Waals surface area contributed by atoms with Crippen molar-refractivity contribution in [3.05, 3.63) is 36.5 Å². The van der Waals surface area contributed by atoms with Crippen molar-refractivity contribution in [2.24, 2.45) is 0 Å². The van der Waals surface area contributed by atoms with E-state index in [1.807, 2.05) is 24.3 Å². The highest BCUT2D eigenvalue weighted by Crippen LogP contribution is 2.15. The summed E-state index contributed by atoms with van der Waals surface area (Å²) in [5.41, 5.74) is 1.95. The smallest absolute Gasteiger partial charge is 0.216 e. The lowest BCUT2D eigenvalue weighted by molar-refractivity contribution is -0.118. The number of carbonyl (C=O) groups excluding carboxylic acids is 1. The van der Waals surface area contributed by atoms with Crippen molar-refractivity contribution in [1.29, 1.82) is 0 Å². The molecule has 1 amide bonds. The summed E-state index contributed by atoms with van der Waals surface area (Å²) in [7, 11) is 0. The lowest BCUT2D eigenvalue weighted by Gasteiger charge is -2.07. The fourth-order valence-electron chi connectivity index (χ4n) is 1.61. The molecule has 0 unspecified atom stereocenters. The molecule has 88 valence electrons. The Labute approximate surface area is 100 Å². The van der Waals surface area contributed by atoms with Crippen molar-refractivity contribution in [3.8, 4) is 0 Å². The molecule has 0 radical (unpaired) electrons.